The maximum absolute atomic E-state index is 12.3. The molecule has 0 aliphatic carbocycles. The zero-order chi connectivity index (χ0) is 15.1. The van der Waals surface area contributed by atoms with E-state index in [1.807, 2.05) is 54.6 Å². The first-order chi connectivity index (χ1) is 10.2. The molecule has 2 rings (SSSR count). The van der Waals surface area contributed by atoms with Crippen molar-refractivity contribution in [2.45, 2.75) is 11.4 Å². The zero-order valence-electron chi connectivity index (χ0n) is 11.5. The molecule has 0 radical (unpaired) electrons. The molecule has 21 heavy (non-hydrogen) atoms. The van der Waals surface area contributed by atoms with Gasteiger partial charge in [0.05, 0.1) is 5.56 Å². The Balaban J connectivity index is 2.07. The van der Waals surface area contributed by atoms with Gasteiger partial charge in [-0.2, -0.15) is 0 Å². The molecule has 0 aliphatic heterocycles. The molecule has 0 aliphatic rings. The Morgan fingerprint density at radius 3 is 2.67 bits per heavy atom. The normalized spacial score (nSPS) is 10.1. The van der Waals surface area contributed by atoms with Gasteiger partial charge in [-0.15, -0.1) is 18.3 Å². The van der Waals surface area contributed by atoms with Crippen molar-refractivity contribution < 1.29 is 4.79 Å². The van der Waals surface area contributed by atoms with Gasteiger partial charge in [0.25, 0.3) is 5.91 Å². The smallest absolute Gasteiger partial charge is 0.252 e. The van der Waals surface area contributed by atoms with Crippen molar-refractivity contribution in [3.05, 3.63) is 77.3 Å². The van der Waals surface area contributed by atoms with Gasteiger partial charge in [-0.25, -0.2) is 0 Å². The van der Waals surface area contributed by atoms with Crippen LogP contribution >= 0.6 is 23.4 Å². The number of nitrogens with one attached hydrogen (secondary N) is 1. The monoisotopic (exact) mass is 317 g/mol. The minimum absolute atomic E-state index is 0.0953. The van der Waals surface area contributed by atoms with Crippen LogP contribution in [0.4, 0.5) is 0 Å². The molecule has 0 fully saturated rings. The number of halogens is 1. The van der Waals surface area contributed by atoms with Crippen LogP contribution in [0.15, 0.2) is 66.1 Å². The van der Waals surface area contributed by atoms with Gasteiger partial charge >= 0.3 is 0 Å². The van der Waals surface area contributed by atoms with E-state index in [2.05, 4.69) is 11.9 Å². The van der Waals surface area contributed by atoms with Crippen LogP contribution in [-0.4, -0.2) is 11.7 Å². The molecule has 0 bridgehead atoms. The molecule has 0 spiro atoms. The summed E-state index contributed by atoms with van der Waals surface area (Å²) >= 11 is 7.68. The van der Waals surface area contributed by atoms with E-state index >= 15 is 0 Å². The Morgan fingerprint density at radius 2 is 1.90 bits per heavy atom. The molecule has 1 N–H and O–H groups in total. The van der Waals surface area contributed by atoms with Gasteiger partial charge in [-0.1, -0.05) is 48.0 Å². The summed E-state index contributed by atoms with van der Waals surface area (Å²) in [6, 6.07) is 15.1. The van der Waals surface area contributed by atoms with Crippen molar-refractivity contribution in [1.82, 2.24) is 5.32 Å². The zero-order valence-corrected chi connectivity index (χ0v) is 13.1. The Morgan fingerprint density at radius 1 is 1.19 bits per heavy atom. The summed E-state index contributed by atoms with van der Waals surface area (Å²) in [6.45, 7) is 4.12. The van der Waals surface area contributed by atoms with Crippen LogP contribution in [0.3, 0.4) is 0 Å². The Kier molecular flexibility index (Phi) is 5.90. The van der Waals surface area contributed by atoms with Crippen molar-refractivity contribution in [3.63, 3.8) is 0 Å². The fourth-order valence-corrected chi connectivity index (χ4v) is 2.83. The standard InChI is InChI=1S/C17H16ClNOS/c1-2-11-21-16-10-6-4-8-14(16)17(20)19-12-13-7-3-5-9-15(13)18/h2-10H,1,11-12H2,(H,19,20). The SMILES string of the molecule is C=CCSc1ccccc1C(=O)NCc1ccccc1Cl. The lowest BCUT2D eigenvalue weighted by Gasteiger charge is -2.10. The molecular formula is C17H16ClNOS. The highest BCUT2D eigenvalue weighted by Crippen LogP contribution is 2.23. The van der Waals surface area contributed by atoms with E-state index in [9.17, 15) is 4.79 Å². The topological polar surface area (TPSA) is 29.1 Å². The number of carbonyl (C=O) groups is 1. The number of amides is 1. The van der Waals surface area contributed by atoms with Crippen LogP contribution in [0.25, 0.3) is 0 Å². The molecular weight excluding hydrogens is 302 g/mol. The van der Waals surface area contributed by atoms with Crippen LogP contribution in [0, 0.1) is 0 Å². The van der Waals surface area contributed by atoms with Gasteiger partial charge in [-0.05, 0) is 23.8 Å². The lowest BCUT2D eigenvalue weighted by atomic mass is 10.2. The van der Waals surface area contributed by atoms with Crippen molar-refractivity contribution in [2.75, 3.05) is 5.75 Å². The first kappa shape index (κ1) is 15.7. The molecule has 0 saturated heterocycles. The molecule has 2 aromatic rings. The summed E-state index contributed by atoms with van der Waals surface area (Å²) in [5.74, 6) is 0.677. The Labute approximate surface area is 134 Å². The predicted octanol–water partition coefficient (Wildman–Crippen LogP) is 4.55. The fourth-order valence-electron chi connectivity index (χ4n) is 1.84. The van der Waals surface area contributed by atoms with Crippen molar-refractivity contribution in [2.24, 2.45) is 0 Å². The van der Waals surface area contributed by atoms with Gasteiger partial charge in [0.2, 0.25) is 0 Å². The molecule has 2 nitrogen and oxygen atoms in total. The summed E-state index contributed by atoms with van der Waals surface area (Å²) in [7, 11) is 0. The quantitative estimate of drug-likeness (QED) is 0.625. The summed E-state index contributed by atoms with van der Waals surface area (Å²) in [4.78, 5) is 13.3. The largest absolute Gasteiger partial charge is 0.348 e. The van der Waals surface area contributed by atoms with Crippen LogP contribution < -0.4 is 5.32 Å². The number of benzene rings is 2. The van der Waals surface area contributed by atoms with E-state index in [-0.39, 0.29) is 5.91 Å². The van der Waals surface area contributed by atoms with Crippen LogP contribution in [-0.2, 0) is 6.54 Å². The summed E-state index contributed by atoms with van der Waals surface area (Å²) < 4.78 is 0. The third-order valence-corrected chi connectivity index (χ3v) is 4.32. The lowest BCUT2D eigenvalue weighted by molar-refractivity contribution is 0.0948. The van der Waals surface area contributed by atoms with E-state index in [1.54, 1.807) is 11.8 Å². The maximum Gasteiger partial charge on any atom is 0.252 e. The van der Waals surface area contributed by atoms with Crippen LogP contribution in [0.5, 0.6) is 0 Å². The van der Waals surface area contributed by atoms with E-state index in [4.69, 9.17) is 11.6 Å². The predicted molar refractivity (Wildman–Crippen MR) is 90.0 cm³/mol. The molecule has 4 heteroatoms. The highest BCUT2D eigenvalue weighted by atomic mass is 35.5. The number of hydrogen-bond acceptors (Lipinski definition) is 2. The molecule has 0 aromatic heterocycles. The fraction of sp³-hybridized carbons (Fsp3) is 0.118. The average Bonchev–Trinajstić information content (AvgIpc) is 2.52. The molecule has 108 valence electrons. The number of carbonyl (C=O) groups excluding carboxylic acids is 1. The summed E-state index contributed by atoms with van der Waals surface area (Å²) in [5, 5.41) is 3.57. The average molecular weight is 318 g/mol. The van der Waals surface area contributed by atoms with Crippen molar-refractivity contribution >= 4 is 29.3 Å². The van der Waals surface area contributed by atoms with Crippen molar-refractivity contribution in [3.8, 4) is 0 Å². The molecule has 0 saturated carbocycles. The van der Waals surface area contributed by atoms with E-state index in [1.165, 1.54) is 0 Å². The number of thioether (sulfide) groups is 1. The first-order valence-corrected chi connectivity index (χ1v) is 7.93. The van der Waals surface area contributed by atoms with Gasteiger partial charge in [0, 0.05) is 22.2 Å². The lowest BCUT2D eigenvalue weighted by Crippen LogP contribution is -2.23. The maximum atomic E-state index is 12.3. The highest BCUT2D eigenvalue weighted by Gasteiger charge is 2.11. The molecule has 0 unspecified atom stereocenters. The Hall–Kier alpha value is -1.71. The van der Waals surface area contributed by atoms with Crippen molar-refractivity contribution in [1.29, 1.82) is 0 Å². The van der Waals surface area contributed by atoms with E-state index in [0.29, 0.717) is 17.1 Å². The third-order valence-electron chi connectivity index (χ3n) is 2.89. The summed E-state index contributed by atoms with van der Waals surface area (Å²) in [5.41, 5.74) is 1.58. The second kappa shape index (κ2) is 7.91. The molecule has 0 heterocycles. The van der Waals surface area contributed by atoms with E-state index < -0.39 is 0 Å². The second-order valence-electron chi connectivity index (χ2n) is 4.37. The van der Waals surface area contributed by atoms with Gasteiger partial charge in [0.15, 0.2) is 0 Å². The Bertz CT molecular complexity index is 642. The van der Waals surface area contributed by atoms with E-state index in [0.717, 1.165) is 16.2 Å². The highest BCUT2D eigenvalue weighted by molar-refractivity contribution is 7.99. The molecule has 1 amide bonds. The molecule has 0 atom stereocenters. The number of rotatable bonds is 6. The van der Waals surface area contributed by atoms with Crippen LogP contribution in [0.2, 0.25) is 5.02 Å². The van der Waals surface area contributed by atoms with Gasteiger partial charge in [-0.3, -0.25) is 4.79 Å². The minimum atomic E-state index is -0.0953. The number of hydrogen-bond donors (Lipinski definition) is 1. The second-order valence-corrected chi connectivity index (χ2v) is 5.84. The third kappa shape index (κ3) is 4.38. The minimum Gasteiger partial charge on any atom is -0.348 e. The van der Waals surface area contributed by atoms with Gasteiger partial charge < -0.3 is 5.32 Å². The van der Waals surface area contributed by atoms with Gasteiger partial charge in [0.1, 0.15) is 0 Å². The van der Waals surface area contributed by atoms with Crippen LogP contribution in [0.1, 0.15) is 15.9 Å². The first-order valence-electron chi connectivity index (χ1n) is 6.56. The summed E-state index contributed by atoms with van der Waals surface area (Å²) in [6.07, 6.45) is 1.82. The molecule has 2 aromatic carbocycles.